The summed E-state index contributed by atoms with van der Waals surface area (Å²) in [5, 5.41) is 2.82. The summed E-state index contributed by atoms with van der Waals surface area (Å²) in [6, 6.07) is 5.52. The molecule has 6 heteroatoms. The molecule has 0 spiro atoms. The van der Waals surface area contributed by atoms with Gasteiger partial charge in [0.05, 0.1) is 11.7 Å². The summed E-state index contributed by atoms with van der Waals surface area (Å²) in [4.78, 5) is 24.5. The van der Waals surface area contributed by atoms with Crippen molar-refractivity contribution >= 4 is 5.91 Å². The predicted molar refractivity (Wildman–Crippen MR) is 83.3 cm³/mol. The Morgan fingerprint density at radius 1 is 1.23 bits per heavy atom. The second-order valence-corrected chi connectivity index (χ2v) is 5.04. The average Bonchev–Trinajstić information content (AvgIpc) is 2.55. The monoisotopic (exact) mass is 300 g/mol. The summed E-state index contributed by atoms with van der Waals surface area (Å²) in [5.41, 5.74) is 1.12. The van der Waals surface area contributed by atoms with Gasteiger partial charge in [-0.25, -0.2) is 9.97 Å². The lowest BCUT2D eigenvalue weighted by Gasteiger charge is -2.08. The summed E-state index contributed by atoms with van der Waals surface area (Å²) in [5.74, 6) is 0.319. The van der Waals surface area contributed by atoms with Crippen LogP contribution < -0.4 is 5.32 Å². The van der Waals surface area contributed by atoms with Gasteiger partial charge in [0.2, 0.25) is 0 Å². The van der Waals surface area contributed by atoms with Gasteiger partial charge < -0.3 is 10.1 Å². The van der Waals surface area contributed by atoms with Gasteiger partial charge in [-0.15, -0.1) is 0 Å². The zero-order valence-electron chi connectivity index (χ0n) is 12.8. The third kappa shape index (κ3) is 4.89. The van der Waals surface area contributed by atoms with Gasteiger partial charge in [0.1, 0.15) is 5.69 Å². The maximum atomic E-state index is 11.9. The molecule has 1 N–H and O–H groups in total. The van der Waals surface area contributed by atoms with E-state index in [0.29, 0.717) is 30.2 Å². The molecule has 0 fully saturated rings. The molecule has 1 amide bonds. The highest BCUT2D eigenvalue weighted by Crippen LogP contribution is 2.09. The first-order valence-electron chi connectivity index (χ1n) is 7.30. The number of rotatable bonds is 7. The van der Waals surface area contributed by atoms with Gasteiger partial charge in [-0.1, -0.05) is 6.07 Å². The van der Waals surface area contributed by atoms with Crippen molar-refractivity contribution in [2.24, 2.45) is 0 Å². The first-order chi connectivity index (χ1) is 10.7. The van der Waals surface area contributed by atoms with Crippen molar-refractivity contribution in [3.05, 3.63) is 42.4 Å². The van der Waals surface area contributed by atoms with Gasteiger partial charge in [0.25, 0.3) is 5.91 Å². The lowest BCUT2D eigenvalue weighted by Crippen LogP contribution is -2.25. The van der Waals surface area contributed by atoms with Crippen molar-refractivity contribution in [3.63, 3.8) is 0 Å². The summed E-state index contributed by atoms with van der Waals surface area (Å²) in [6.07, 6.45) is 5.69. The van der Waals surface area contributed by atoms with Crippen molar-refractivity contribution in [2.45, 2.75) is 26.4 Å². The number of nitrogens with zero attached hydrogens (tertiary/aromatic N) is 3. The van der Waals surface area contributed by atoms with Gasteiger partial charge >= 0.3 is 0 Å². The largest absolute Gasteiger partial charge is 0.379 e. The number of pyridine rings is 1. The predicted octanol–water partition coefficient (Wildman–Crippen LogP) is 2.08. The van der Waals surface area contributed by atoms with Crippen molar-refractivity contribution in [1.29, 1.82) is 0 Å². The van der Waals surface area contributed by atoms with Crippen LogP contribution in [0.2, 0.25) is 0 Å². The molecule has 6 nitrogen and oxygen atoms in total. The molecule has 0 aliphatic heterocycles. The van der Waals surface area contributed by atoms with E-state index in [9.17, 15) is 4.79 Å². The fourth-order valence-corrected chi connectivity index (χ4v) is 1.77. The third-order valence-corrected chi connectivity index (χ3v) is 2.87. The Kier molecular flexibility index (Phi) is 5.97. The van der Waals surface area contributed by atoms with Crippen LogP contribution in [-0.2, 0) is 4.74 Å². The Hall–Kier alpha value is -2.34. The van der Waals surface area contributed by atoms with Crippen LogP contribution in [0.3, 0.4) is 0 Å². The Bertz CT molecular complexity index is 585. The molecule has 2 aromatic rings. The molecule has 2 aromatic heterocycles. The molecule has 0 saturated carbocycles. The van der Waals surface area contributed by atoms with Crippen molar-refractivity contribution in [1.82, 2.24) is 20.3 Å². The zero-order chi connectivity index (χ0) is 15.8. The van der Waals surface area contributed by atoms with E-state index in [1.54, 1.807) is 6.20 Å². The summed E-state index contributed by atoms with van der Waals surface area (Å²) in [6.45, 7) is 5.17. The van der Waals surface area contributed by atoms with E-state index in [0.717, 1.165) is 6.42 Å². The van der Waals surface area contributed by atoms with E-state index in [4.69, 9.17) is 4.74 Å². The van der Waals surface area contributed by atoms with Gasteiger partial charge in [0.15, 0.2) is 5.82 Å². The highest BCUT2D eigenvalue weighted by atomic mass is 16.5. The van der Waals surface area contributed by atoms with Crippen LogP contribution in [0, 0.1) is 0 Å². The molecular formula is C16H20N4O2. The van der Waals surface area contributed by atoms with Gasteiger partial charge in [0, 0.05) is 31.7 Å². The number of ether oxygens (including phenoxy) is 1. The third-order valence-electron chi connectivity index (χ3n) is 2.87. The van der Waals surface area contributed by atoms with Crippen LogP contribution in [-0.4, -0.2) is 40.1 Å². The normalized spacial score (nSPS) is 10.7. The van der Waals surface area contributed by atoms with Gasteiger partial charge in [-0.2, -0.15) is 0 Å². The van der Waals surface area contributed by atoms with Gasteiger partial charge in [-0.3, -0.25) is 9.78 Å². The molecule has 0 aliphatic carbocycles. The lowest BCUT2D eigenvalue weighted by molar-refractivity contribution is 0.0757. The second kappa shape index (κ2) is 8.19. The fraction of sp³-hybridized carbons (Fsp3) is 0.375. The van der Waals surface area contributed by atoms with E-state index >= 15 is 0 Å². The lowest BCUT2D eigenvalue weighted by atomic mass is 10.3. The maximum absolute atomic E-state index is 11.9. The smallest absolute Gasteiger partial charge is 0.254 e. The molecule has 2 rings (SSSR count). The number of hydrogen-bond donors (Lipinski definition) is 1. The molecule has 0 aliphatic rings. The number of amides is 1. The molecule has 0 unspecified atom stereocenters. The standard InChI is InChI=1S/C16H20N4O2/c1-12(2)22-9-5-8-18-16(21)13-10-19-15(20-11-13)14-6-3-4-7-17-14/h3-4,6-7,10-12H,5,8-9H2,1-2H3,(H,18,21). The minimum atomic E-state index is -0.183. The summed E-state index contributed by atoms with van der Waals surface area (Å²) in [7, 11) is 0. The summed E-state index contributed by atoms with van der Waals surface area (Å²) < 4.78 is 5.41. The second-order valence-electron chi connectivity index (χ2n) is 5.04. The molecule has 0 aromatic carbocycles. The van der Waals surface area contributed by atoms with E-state index in [1.807, 2.05) is 32.0 Å². The zero-order valence-corrected chi connectivity index (χ0v) is 12.8. The fourth-order valence-electron chi connectivity index (χ4n) is 1.77. The minimum absolute atomic E-state index is 0.183. The Labute approximate surface area is 130 Å². The SMILES string of the molecule is CC(C)OCCCNC(=O)c1cnc(-c2ccccn2)nc1. The molecule has 0 saturated heterocycles. The number of carbonyl (C=O) groups is 1. The Balaban J connectivity index is 1.84. The molecule has 0 bridgehead atoms. The van der Waals surface area contributed by atoms with Crippen molar-refractivity contribution < 1.29 is 9.53 Å². The quantitative estimate of drug-likeness (QED) is 0.792. The van der Waals surface area contributed by atoms with Crippen LogP contribution in [0.15, 0.2) is 36.8 Å². The number of nitrogens with one attached hydrogen (secondary N) is 1. The van der Waals surface area contributed by atoms with Crippen LogP contribution in [0.1, 0.15) is 30.6 Å². The molecule has 0 atom stereocenters. The van der Waals surface area contributed by atoms with Crippen molar-refractivity contribution in [2.75, 3.05) is 13.2 Å². The van der Waals surface area contributed by atoms with Crippen LogP contribution in [0.25, 0.3) is 11.5 Å². The molecule has 0 radical (unpaired) electrons. The van der Waals surface area contributed by atoms with E-state index < -0.39 is 0 Å². The van der Waals surface area contributed by atoms with Crippen molar-refractivity contribution in [3.8, 4) is 11.5 Å². The van der Waals surface area contributed by atoms with E-state index in [2.05, 4.69) is 20.3 Å². The van der Waals surface area contributed by atoms with Crippen LogP contribution in [0.4, 0.5) is 0 Å². The highest BCUT2D eigenvalue weighted by molar-refractivity contribution is 5.93. The topological polar surface area (TPSA) is 77.0 Å². The Morgan fingerprint density at radius 3 is 2.64 bits per heavy atom. The number of aromatic nitrogens is 3. The first-order valence-corrected chi connectivity index (χ1v) is 7.30. The maximum Gasteiger partial charge on any atom is 0.254 e. The average molecular weight is 300 g/mol. The minimum Gasteiger partial charge on any atom is -0.379 e. The van der Waals surface area contributed by atoms with Gasteiger partial charge in [-0.05, 0) is 32.4 Å². The number of hydrogen-bond acceptors (Lipinski definition) is 5. The Morgan fingerprint density at radius 2 is 2.00 bits per heavy atom. The molecule has 22 heavy (non-hydrogen) atoms. The highest BCUT2D eigenvalue weighted by Gasteiger charge is 2.08. The molecule has 2 heterocycles. The first kappa shape index (κ1) is 16.0. The van der Waals surface area contributed by atoms with E-state index in [1.165, 1.54) is 12.4 Å². The summed E-state index contributed by atoms with van der Waals surface area (Å²) >= 11 is 0. The molecular weight excluding hydrogens is 280 g/mol. The van der Waals surface area contributed by atoms with Crippen LogP contribution in [0.5, 0.6) is 0 Å². The van der Waals surface area contributed by atoms with E-state index in [-0.39, 0.29) is 12.0 Å². The molecule has 116 valence electrons. The number of carbonyl (C=O) groups excluding carboxylic acids is 1. The van der Waals surface area contributed by atoms with Crippen LogP contribution >= 0.6 is 0 Å².